The van der Waals surface area contributed by atoms with E-state index in [2.05, 4.69) is 17.2 Å². The zero-order valence-corrected chi connectivity index (χ0v) is 22.8. The van der Waals surface area contributed by atoms with Crippen molar-refractivity contribution in [2.75, 3.05) is 13.2 Å². The number of ether oxygens (including phenoxy) is 4. The highest BCUT2D eigenvalue weighted by Crippen LogP contribution is 2.27. The highest BCUT2D eigenvalue weighted by atomic mass is 16.6. The molecule has 0 heterocycles. The number of nitrogens with one attached hydrogen (secondary N) is 2. The summed E-state index contributed by atoms with van der Waals surface area (Å²) in [4.78, 5) is 47.4. The summed E-state index contributed by atoms with van der Waals surface area (Å²) in [7, 11) is 0. The Morgan fingerprint density at radius 2 is 1.30 bits per heavy atom. The third kappa shape index (κ3) is 10.9. The van der Waals surface area contributed by atoms with Gasteiger partial charge in [-0.3, -0.25) is 4.79 Å². The lowest BCUT2D eigenvalue weighted by atomic mass is 9.87. The molecule has 206 valence electrons. The summed E-state index contributed by atoms with van der Waals surface area (Å²) in [5.74, 6) is -1.03. The lowest BCUT2D eigenvalue weighted by Crippen LogP contribution is -2.44. The number of hydrogen-bond acceptors (Lipinski definition) is 8. The van der Waals surface area contributed by atoms with E-state index in [1.165, 1.54) is 6.92 Å². The van der Waals surface area contributed by atoms with Crippen molar-refractivity contribution in [1.29, 1.82) is 0 Å². The van der Waals surface area contributed by atoms with Crippen LogP contribution in [0.5, 0.6) is 0 Å². The maximum Gasteiger partial charge on any atom is 0.408 e. The van der Waals surface area contributed by atoms with E-state index >= 15 is 0 Å². The highest BCUT2D eigenvalue weighted by Gasteiger charge is 2.29. The van der Waals surface area contributed by atoms with Crippen LogP contribution in [0, 0.1) is 0 Å². The first-order chi connectivity index (χ1) is 17.2. The molecule has 0 spiro atoms. The van der Waals surface area contributed by atoms with E-state index in [-0.39, 0.29) is 13.2 Å². The summed E-state index contributed by atoms with van der Waals surface area (Å²) in [6, 6.07) is 7.41. The van der Waals surface area contributed by atoms with Crippen molar-refractivity contribution in [3.8, 4) is 0 Å². The first-order valence-corrected chi connectivity index (χ1v) is 12.2. The van der Waals surface area contributed by atoms with Gasteiger partial charge in [-0.15, -0.1) is 0 Å². The monoisotopic (exact) mass is 520 g/mol. The second-order valence-corrected chi connectivity index (χ2v) is 9.59. The number of rotatable bonds is 13. The molecule has 10 heteroatoms. The Bertz CT molecular complexity index is 957. The standard InChI is InChI=1S/C27H40N2O8/c1-9-21(16-34-18(4)30)36-24(32)28-26(5,6)19-13-12-14-20(15-19)27(7,8)29-25(33)37-22(10-2)17-35-23(31)11-3/h11-15,21-22H,3,9-10,16-17H2,1-2,4-8H3,(H,28,32)(H,29,33). The van der Waals surface area contributed by atoms with E-state index in [9.17, 15) is 19.2 Å². The van der Waals surface area contributed by atoms with Gasteiger partial charge in [0, 0.05) is 13.0 Å². The Morgan fingerprint density at radius 1 is 0.865 bits per heavy atom. The van der Waals surface area contributed by atoms with Crippen molar-refractivity contribution in [3.05, 3.63) is 48.0 Å². The molecule has 10 nitrogen and oxygen atoms in total. The van der Waals surface area contributed by atoms with Gasteiger partial charge in [-0.2, -0.15) is 0 Å². The molecular formula is C27H40N2O8. The first kappa shape index (κ1) is 31.5. The molecule has 0 saturated carbocycles. The van der Waals surface area contributed by atoms with Crippen molar-refractivity contribution in [1.82, 2.24) is 10.6 Å². The van der Waals surface area contributed by atoms with Gasteiger partial charge in [0.05, 0.1) is 11.1 Å². The molecule has 37 heavy (non-hydrogen) atoms. The molecule has 0 aliphatic heterocycles. The molecule has 2 unspecified atom stereocenters. The largest absolute Gasteiger partial charge is 0.462 e. The predicted molar refractivity (Wildman–Crippen MR) is 138 cm³/mol. The van der Waals surface area contributed by atoms with Crippen LogP contribution in [0.4, 0.5) is 9.59 Å². The Hall–Kier alpha value is -3.56. The highest BCUT2D eigenvalue weighted by molar-refractivity contribution is 5.81. The quantitative estimate of drug-likeness (QED) is 0.222. The van der Waals surface area contributed by atoms with Crippen LogP contribution in [-0.2, 0) is 39.6 Å². The molecule has 2 N–H and O–H groups in total. The average molecular weight is 521 g/mol. The fourth-order valence-electron chi connectivity index (χ4n) is 3.23. The molecule has 0 saturated heterocycles. The molecule has 2 amide bonds. The van der Waals surface area contributed by atoms with Crippen molar-refractivity contribution < 1.29 is 38.1 Å². The average Bonchev–Trinajstić information content (AvgIpc) is 2.83. The third-order valence-electron chi connectivity index (χ3n) is 5.64. The second kappa shape index (κ2) is 14.2. The van der Waals surface area contributed by atoms with E-state index in [4.69, 9.17) is 18.9 Å². The van der Waals surface area contributed by atoms with Crippen LogP contribution in [0.1, 0.15) is 72.4 Å². The minimum Gasteiger partial charge on any atom is -0.462 e. The van der Waals surface area contributed by atoms with Crippen LogP contribution in [0.2, 0.25) is 0 Å². The number of alkyl carbamates (subject to hydrolysis) is 2. The lowest BCUT2D eigenvalue weighted by molar-refractivity contribution is -0.144. The molecule has 2 atom stereocenters. The van der Waals surface area contributed by atoms with Gasteiger partial charge in [0.1, 0.15) is 25.4 Å². The second-order valence-electron chi connectivity index (χ2n) is 9.59. The Labute approximate surface area is 219 Å². The van der Waals surface area contributed by atoms with Gasteiger partial charge in [-0.25, -0.2) is 14.4 Å². The Morgan fingerprint density at radius 3 is 1.68 bits per heavy atom. The zero-order valence-electron chi connectivity index (χ0n) is 22.8. The molecule has 0 aliphatic rings. The van der Waals surface area contributed by atoms with Crippen molar-refractivity contribution in [3.63, 3.8) is 0 Å². The van der Waals surface area contributed by atoms with Gasteiger partial charge in [0.2, 0.25) is 0 Å². The van der Waals surface area contributed by atoms with Crippen molar-refractivity contribution >= 4 is 24.1 Å². The molecule has 0 fully saturated rings. The number of benzene rings is 1. The smallest absolute Gasteiger partial charge is 0.408 e. The first-order valence-electron chi connectivity index (χ1n) is 12.2. The summed E-state index contributed by atoms with van der Waals surface area (Å²) in [6.07, 6.45) is -0.467. The molecule has 0 bridgehead atoms. The Kier molecular flexibility index (Phi) is 12.1. The Balaban J connectivity index is 2.87. The van der Waals surface area contributed by atoms with E-state index in [0.717, 1.165) is 17.2 Å². The van der Waals surface area contributed by atoms with Gasteiger partial charge in [0.25, 0.3) is 0 Å². The van der Waals surface area contributed by atoms with Crippen LogP contribution < -0.4 is 10.6 Å². The number of amides is 2. The molecule has 0 aromatic heterocycles. The SMILES string of the molecule is C=CC(=O)OCC(CC)OC(=O)NC(C)(C)c1cccc(C(C)(C)NC(=O)OC(CC)COC(C)=O)c1. The van der Waals surface area contributed by atoms with Crippen LogP contribution in [0.15, 0.2) is 36.9 Å². The number of carbonyl (C=O) groups excluding carboxylic acids is 4. The summed E-state index contributed by atoms with van der Waals surface area (Å²) < 4.78 is 20.7. The van der Waals surface area contributed by atoms with E-state index < -0.39 is 47.4 Å². The summed E-state index contributed by atoms with van der Waals surface area (Å²) in [5.41, 5.74) is -0.0818. The number of hydrogen-bond donors (Lipinski definition) is 2. The van der Waals surface area contributed by atoms with E-state index in [0.29, 0.717) is 12.8 Å². The molecule has 1 rings (SSSR count). The van der Waals surface area contributed by atoms with Crippen molar-refractivity contribution in [2.45, 2.75) is 84.6 Å². The molecule has 1 aromatic rings. The number of esters is 2. The molecule has 0 aliphatic carbocycles. The normalized spacial score (nSPS) is 12.9. The summed E-state index contributed by atoms with van der Waals surface area (Å²) in [6.45, 7) is 15.5. The minimum absolute atomic E-state index is 0.0132. The number of carbonyl (C=O) groups is 4. The molecular weight excluding hydrogens is 480 g/mol. The summed E-state index contributed by atoms with van der Waals surface area (Å²) in [5, 5.41) is 5.68. The van der Waals surface area contributed by atoms with Crippen LogP contribution >= 0.6 is 0 Å². The van der Waals surface area contributed by atoms with Gasteiger partial charge < -0.3 is 29.6 Å². The summed E-state index contributed by atoms with van der Waals surface area (Å²) >= 11 is 0. The van der Waals surface area contributed by atoms with E-state index in [1.54, 1.807) is 0 Å². The van der Waals surface area contributed by atoms with Crippen LogP contribution in [0.25, 0.3) is 0 Å². The predicted octanol–water partition coefficient (Wildman–Crippen LogP) is 4.46. The topological polar surface area (TPSA) is 129 Å². The minimum atomic E-state index is -0.822. The van der Waals surface area contributed by atoms with Gasteiger partial charge in [-0.05, 0) is 51.7 Å². The maximum absolute atomic E-state index is 12.6. The zero-order chi connectivity index (χ0) is 28.2. The van der Waals surface area contributed by atoms with Crippen molar-refractivity contribution in [2.24, 2.45) is 0 Å². The third-order valence-corrected chi connectivity index (χ3v) is 5.64. The van der Waals surface area contributed by atoms with Crippen LogP contribution in [0.3, 0.4) is 0 Å². The molecule has 1 aromatic carbocycles. The lowest BCUT2D eigenvalue weighted by Gasteiger charge is -2.31. The fourth-order valence-corrected chi connectivity index (χ4v) is 3.23. The molecule has 0 radical (unpaired) electrons. The van der Waals surface area contributed by atoms with Crippen LogP contribution in [-0.4, -0.2) is 49.5 Å². The van der Waals surface area contributed by atoms with E-state index in [1.807, 2.05) is 65.8 Å². The van der Waals surface area contributed by atoms with Gasteiger partial charge in [0.15, 0.2) is 0 Å². The fraction of sp³-hybridized carbons (Fsp3) is 0.556. The van der Waals surface area contributed by atoms with Gasteiger partial charge in [-0.1, -0.05) is 44.7 Å². The maximum atomic E-state index is 12.6. The van der Waals surface area contributed by atoms with Gasteiger partial charge >= 0.3 is 24.1 Å².